The average Bonchev–Trinajstić information content (AvgIpc) is 2.95. The van der Waals surface area contributed by atoms with Gasteiger partial charge in [0.15, 0.2) is 0 Å². The first-order valence-corrected chi connectivity index (χ1v) is 16.5. The van der Waals surface area contributed by atoms with E-state index in [1.807, 2.05) is 19.9 Å². The molecule has 1 aliphatic carbocycles. The number of aryl methyl sites for hydroxylation is 1. The van der Waals surface area contributed by atoms with E-state index in [2.05, 4.69) is 67.5 Å². The summed E-state index contributed by atoms with van der Waals surface area (Å²) in [5.74, 6) is 0.765. The number of fused-ring (bicyclic) bond motifs is 1. The summed E-state index contributed by atoms with van der Waals surface area (Å²) in [6, 6.07) is 4.22. The van der Waals surface area contributed by atoms with Gasteiger partial charge >= 0.3 is 11.9 Å². The molecule has 3 rings (SSSR count). The Balaban J connectivity index is 1.56. The first-order valence-electron chi connectivity index (χ1n) is 16.5. The highest BCUT2D eigenvalue weighted by Crippen LogP contribution is 2.50. The zero-order valence-corrected chi connectivity index (χ0v) is 29.9. The highest BCUT2D eigenvalue weighted by molar-refractivity contribution is 5.70. The Labute approximate surface area is 275 Å². The number of allylic oxidation sites excluding steroid dienone is 4. The molecule has 1 aliphatic heterocycles. The molecule has 1 aromatic rings. The Hall–Kier alpha value is -3.29. The molecule has 2 atom stereocenters. The fourth-order valence-electron chi connectivity index (χ4n) is 6.00. The van der Waals surface area contributed by atoms with Crippen LogP contribution in [0.1, 0.15) is 119 Å². The molecule has 0 fully saturated rings. The first-order chi connectivity index (χ1) is 21.2. The van der Waals surface area contributed by atoms with Crippen molar-refractivity contribution < 1.29 is 38.4 Å². The molecule has 256 valence electrons. The van der Waals surface area contributed by atoms with Crippen LogP contribution in [0, 0.1) is 22.7 Å². The number of benzene rings is 1. The maximum Gasteiger partial charge on any atom is 0.306 e. The van der Waals surface area contributed by atoms with Gasteiger partial charge in [0, 0.05) is 29.9 Å². The second-order valence-electron chi connectivity index (χ2n) is 16.3. The van der Waals surface area contributed by atoms with E-state index in [0.717, 1.165) is 33.6 Å². The van der Waals surface area contributed by atoms with Crippen LogP contribution in [-0.2, 0) is 46.0 Å². The van der Waals surface area contributed by atoms with E-state index >= 15 is 0 Å². The lowest BCUT2D eigenvalue weighted by atomic mass is 9.71. The highest BCUT2D eigenvalue weighted by atomic mass is 16.6. The van der Waals surface area contributed by atoms with Crippen molar-refractivity contribution in [1.82, 2.24) is 0 Å². The van der Waals surface area contributed by atoms with E-state index < -0.39 is 5.41 Å². The second kappa shape index (κ2) is 14.2. The molecule has 46 heavy (non-hydrogen) atoms. The minimum atomic E-state index is -0.899. The number of esters is 2. The first kappa shape index (κ1) is 37.2. The molecule has 0 radical (unpaired) electrons. The van der Waals surface area contributed by atoms with Crippen molar-refractivity contribution in [2.24, 2.45) is 22.7 Å². The molecule has 0 amide bonds. The summed E-state index contributed by atoms with van der Waals surface area (Å²) in [6.07, 6.45) is 4.11. The maximum atomic E-state index is 12.8. The van der Waals surface area contributed by atoms with Crippen LogP contribution in [0.15, 0.2) is 35.1 Å². The molecular formula is C38H56O8. The van der Waals surface area contributed by atoms with Crippen molar-refractivity contribution in [3.8, 4) is 5.75 Å². The normalized spacial score (nSPS) is 18.9. The second-order valence-corrected chi connectivity index (χ2v) is 16.3. The van der Waals surface area contributed by atoms with E-state index in [1.54, 1.807) is 6.92 Å². The van der Waals surface area contributed by atoms with Gasteiger partial charge in [0.2, 0.25) is 0 Å². The zero-order valence-electron chi connectivity index (χ0n) is 29.9. The predicted octanol–water partition coefficient (Wildman–Crippen LogP) is 8.05. The summed E-state index contributed by atoms with van der Waals surface area (Å²) in [4.78, 5) is 36.6. The monoisotopic (exact) mass is 640 g/mol. The minimum Gasteiger partial charge on any atom is -0.512 e. The van der Waals surface area contributed by atoms with Crippen molar-refractivity contribution >= 4 is 18.4 Å². The summed E-state index contributed by atoms with van der Waals surface area (Å²) in [6.45, 7) is 22.9. The summed E-state index contributed by atoms with van der Waals surface area (Å²) in [7, 11) is 0. The Morgan fingerprint density at radius 2 is 1.57 bits per heavy atom. The minimum absolute atomic E-state index is 0.0148. The van der Waals surface area contributed by atoms with Gasteiger partial charge in [-0.15, -0.1) is 0 Å². The van der Waals surface area contributed by atoms with Crippen LogP contribution in [0.5, 0.6) is 5.75 Å². The Kier molecular flexibility index (Phi) is 11.5. The van der Waals surface area contributed by atoms with Crippen molar-refractivity contribution in [2.75, 3.05) is 19.8 Å². The zero-order chi connectivity index (χ0) is 34.7. The molecule has 0 saturated carbocycles. The van der Waals surface area contributed by atoms with E-state index in [-0.39, 0.29) is 72.9 Å². The van der Waals surface area contributed by atoms with Crippen LogP contribution in [0.3, 0.4) is 0 Å². The summed E-state index contributed by atoms with van der Waals surface area (Å²) < 4.78 is 22.3. The Morgan fingerprint density at radius 1 is 0.978 bits per heavy atom. The van der Waals surface area contributed by atoms with Crippen LogP contribution < -0.4 is 4.74 Å². The van der Waals surface area contributed by atoms with Crippen LogP contribution in [0.4, 0.5) is 0 Å². The van der Waals surface area contributed by atoms with Gasteiger partial charge in [-0.2, -0.15) is 0 Å². The molecule has 0 aromatic heterocycles. The Morgan fingerprint density at radius 3 is 2.07 bits per heavy atom. The summed E-state index contributed by atoms with van der Waals surface area (Å²) in [5, 5.41) is 10.9. The van der Waals surface area contributed by atoms with Gasteiger partial charge in [-0.25, -0.2) is 0 Å². The van der Waals surface area contributed by atoms with Gasteiger partial charge in [0.25, 0.3) is 6.47 Å². The third kappa shape index (κ3) is 9.38. The van der Waals surface area contributed by atoms with Crippen LogP contribution in [-0.4, -0.2) is 43.3 Å². The van der Waals surface area contributed by atoms with Gasteiger partial charge in [0.1, 0.15) is 31.2 Å². The van der Waals surface area contributed by atoms with E-state index in [9.17, 15) is 19.5 Å². The molecular weight excluding hydrogens is 584 g/mol. The number of hydrogen-bond donors (Lipinski definition) is 1. The number of aliphatic hydroxyl groups is 1. The summed E-state index contributed by atoms with van der Waals surface area (Å²) in [5.41, 5.74) is 3.86. The van der Waals surface area contributed by atoms with E-state index in [4.69, 9.17) is 18.9 Å². The van der Waals surface area contributed by atoms with E-state index in [1.165, 1.54) is 0 Å². The van der Waals surface area contributed by atoms with Gasteiger partial charge in [0.05, 0.1) is 11.2 Å². The fraction of sp³-hybridized carbons (Fsp3) is 0.658. The number of hydrogen-bond acceptors (Lipinski definition) is 8. The lowest BCUT2D eigenvalue weighted by Crippen LogP contribution is -2.37. The molecule has 0 spiro atoms. The van der Waals surface area contributed by atoms with Gasteiger partial charge in [-0.05, 0) is 74.0 Å². The average molecular weight is 641 g/mol. The number of ether oxygens (including phenoxy) is 4. The van der Waals surface area contributed by atoms with Gasteiger partial charge < -0.3 is 24.1 Å². The summed E-state index contributed by atoms with van der Waals surface area (Å²) >= 11 is 0. The fourth-order valence-corrected chi connectivity index (χ4v) is 6.00. The molecule has 8 nitrogen and oxygen atoms in total. The van der Waals surface area contributed by atoms with Gasteiger partial charge in [-0.3, -0.25) is 14.4 Å². The number of carbonyl (C=O) groups excluding carboxylic acids is 3. The Bertz CT molecular complexity index is 1350. The SMILES string of the molecule is CC(C)C1=C(O)C(C(C)(C)C)CC(CCC(=O)OCC(C)(COC=O)COC(=O)CCc2cc(C(C)(C)C)c3c(c2)C(C)(C)O3)=C1. The van der Waals surface area contributed by atoms with E-state index in [0.29, 0.717) is 31.5 Å². The topological polar surface area (TPSA) is 108 Å². The third-order valence-corrected chi connectivity index (χ3v) is 9.01. The van der Waals surface area contributed by atoms with Crippen LogP contribution >= 0.6 is 0 Å². The highest BCUT2D eigenvalue weighted by Gasteiger charge is 2.41. The van der Waals surface area contributed by atoms with Crippen molar-refractivity contribution in [3.05, 3.63) is 51.8 Å². The molecule has 2 unspecified atom stereocenters. The third-order valence-electron chi connectivity index (χ3n) is 9.01. The molecule has 8 heteroatoms. The quantitative estimate of drug-likeness (QED) is 0.124. The number of aliphatic hydroxyl groups excluding tert-OH is 1. The molecule has 0 bridgehead atoms. The number of carbonyl (C=O) groups is 3. The maximum absolute atomic E-state index is 12.8. The molecule has 1 heterocycles. The van der Waals surface area contributed by atoms with Crippen LogP contribution in [0.25, 0.3) is 0 Å². The molecule has 0 saturated heterocycles. The smallest absolute Gasteiger partial charge is 0.306 e. The van der Waals surface area contributed by atoms with Crippen molar-refractivity contribution in [1.29, 1.82) is 0 Å². The lowest BCUT2D eigenvalue weighted by Gasteiger charge is -2.42. The molecule has 1 aromatic carbocycles. The van der Waals surface area contributed by atoms with Crippen molar-refractivity contribution in [2.45, 2.75) is 119 Å². The van der Waals surface area contributed by atoms with Gasteiger partial charge in [-0.1, -0.05) is 73.1 Å². The number of rotatable bonds is 14. The molecule has 2 aliphatic rings. The van der Waals surface area contributed by atoms with Crippen LogP contribution in [0.2, 0.25) is 0 Å². The standard InChI is InChI=1S/C38H56O8/c1-24(2)27-16-25(17-28(33(27)42)35(3,4)5)12-14-31(40)44-21-38(11,20-43-23-39)22-45-32(41)15-13-26-18-29(36(6,7)8)34-30(19-26)37(9,10)46-34/h16,18-19,23-24,28,42H,12-15,17,20-22H2,1-11H3. The van der Waals surface area contributed by atoms with Crippen molar-refractivity contribution in [3.63, 3.8) is 0 Å². The predicted molar refractivity (Wildman–Crippen MR) is 179 cm³/mol. The molecule has 1 N–H and O–H groups in total. The largest absolute Gasteiger partial charge is 0.512 e. The lowest BCUT2D eigenvalue weighted by molar-refractivity contribution is -0.157.